The molecule has 0 aliphatic rings. The van der Waals surface area contributed by atoms with Crippen LogP contribution in [0, 0.1) is 32.1 Å². The van der Waals surface area contributed by atoms with Gasteiger partial charge in [0.2, 0.25) is 5.91 Å². The number of carbonyl (C=O) groups excluding carboxylic acids is 1. The predicted molar refractivity (Wildman–Crippen MR) is 98.6 cm³/mol. The molecule has 1 aromatic carbocycles. The summed E-state index contributed by atoms with van der Waals surface area (Å²) in [5, 5.41) is 12.9. The Bertz CT molecular complexity index is 830. The van der Waals surface area contributed by atoms with Crippen molar-refractivity contribution in [3.05, 3.63) is 51.7 Å². The van der Waals surface area contributed by atoms with Crippen LogP contribution in [0.5, 0.6) is 0 Å². The second kappa shape index (κ2) is 7.69. The third kappa shape index (κ3) is 4.28. The van der Waals surface area contributed by atoms with Gasteiger partial charge in [-0.3, -0.25) is 4.79 Å². The number of benzene rings is 1. The number of aryl methyl sites for hydroxylation is 3. The molecule has 1 unspecified atom stereocenters. The summed E-state index contributed by atoms with van der Waals surface area (Å²) in [6.45, 7) is 7.44. The quantitative estimate of drug-likeness (QED) is 0.807. The van der Waals surface area contributed by atoms with Gasteiger partial charge in [-0.25, -0.2) is 4.98 Å². The van der Waals surface area contributed by atoms with Gasteiger partial charge in [0.1, 0.15) is 11.1 Å². The Morgan fingerprint density at radius 2 is 2.00 bits per heavy atom. The third-order valence-electron chi connectivity index (χ3n) is 3.52. The first-order valence-corrected chi connectivity index (χ1v) is 8.69. The molecule has 1 amide bonds. The van der Waals surface area contributed by atoms with E-state index in [4.69, 9.17) is 11.6 Å². The first-order valence-electron chi connectivity index (χ1n) is 7.44. The zero-order chi connectivity index (χ0) is 17.9. The molecular weight excluding hydrogens is 342 g/mol. The van der Waals surface area contributed by atoms with Gasteiger partial charge >= 0.3 is 0 Å². The summed E-state index contributed by atoms with van der Waals surface area (Å²) < 4.78 is 0. The van der Waals surface area contributed by atoms with E-state index in [1.807, 2.05) is 39.0 Å². The Labute approximate surface area is 151 Å². The third-order valence-corrected chi connectivity index (χ3v) is 5.01. The number of amides is 1. The highest BCUT2D eigenvalue weighted by Gasteiger charge is 2.19. The number of rotatable bonds is 4. The maximum absolute atomic E-state index is 12.4. The number of carbonyl (C=O) groups is 1. The molecule has 1 atom stereocenters. The number of anilines is 1. The Balaban J connectivity index is 2.15. The van der Waals surface area contributed by atoms with E-state index in [1.165, 1.54) is 11.8 Å². The summed E-state index contributed by atoms with van der Waals surface area (Å²) >= 11 is 7.36. The average Bonchev–Trinajstić information content (AvgIpc) is 2.50. The molecule has 2 rings (SSSR count). The summed E-state index contributed by atoms with van der Waals surface area (Å²) in [7, 11) is 0. The van der Waals surface area contributed by atoms with Crippen molar-refractivity contribution in [2.45, 2.75) is 38.0 Å². The highest BCUT2D eigenvalue weighted by molar-refractivity contribution is 8.00. The molecule has 6 heteroatoms. The van der Waals surface area contributed by atoms with E-state index in [0.717, 1.165) is 16.8 Å². The maximum Gasteiger partial charge on any atom is 0.237 e. The van der Waals surface area contributed by atoms with Crippen LogP contribution in [0.2, 0.25) is 5.02 Å². The molecule has 0 fully saturated rings. The Kier molecular flexibility index (Phi) is 5.87. The summed E-state index contributed by atoms with van der Waals surface area (Å²) in [6.07, 6.45) is 0. The Morgan fingerprint density at radius 1 is 1.29 bits per heavy atom. The highest BCUT2D eigenvalue weighted by atomic mass is 35.5. The lowest BCUT2D eigenvalue weighted by Gasteiger charge is -2.14. The number of hydrogen-bond donors (Lipinski definition) is 1. The normalized spacial score (nSPS) is 11.7. The molecule has 0 aliphatic carbocycles. The monoisotopic (exact) mass is 359 g/mol. The SMILES string of the molecule is Cc1cc(C)c(C#N)c(SC(C)C(=O)Nc2ccc(C)c(Cl)c2)n1. The minimum absolute atomic E-state index is 0.162. The summed E-state index contributed by atoms with van der Waals surface area (Å²) in [6, 6.07) is 9.42. The number of pyridine rings is 1. The van der Waals surface area contributed by atoms with Crippen molar-refractivity contribution < 1.29 is 4.79 Å². The number of nitrogens with one attached hydrogen (secondary N) is 1. The summed E-state index contributed by atoms with van der Waals surface area (Å²) in [4.78, 5) is 16.8. The summed E-state index contributed by atoms with van der Waals surface area (Å²) in [5.74, 6) is -0.162. The van der Waals surface area contributed by atoms with Crippen molar-refractivity contribution >= 4 is 35.0 Å². The molecule has 0 spiro atoms. The van der Waals surface area contributed by atoms with Crippen molar-refractivity contribution in [2.75, 3.05) is 5.32 Å². The summed E-state index contributed by atoms with van der Waals surface area (Å²) in [5.41, 5.74) is 3.81. The van der Waals surface area contributed by atoms with Gasteiger partial charge in [0.25, 0.3) is 0 Å². The van der Waals surface area contributed by atoms with Crippen LogP contribution in [0.25, 0.3) is 0 Å². The smallest absolute Gasteiger partial charge is 0.237 e. The number of halogens is 1. The zero-order valence-corrected chi connectivity index (χ0v) is 15.5. The topological polar surface area (TPSA) is 65.8 Å². The van der Waals surface area contributed by atoms with Crippen LogP contribution in [-0.4, -0.2) is 16.1 Å². The van der Waals surface area contributed by atoms with Gasteiger partial charge in [0.05, 0.1) is 10.8 Å². The lowest BCUT2D eigenvalue weighted by atomic mass is 10.1. The Morgan fingerprint density at radius 3 is 2.62 bits per heavy atom. The van der Waals surface area contributed by atoms with Gasteiger partial charge in [-0.15, -0.1) is 0 Å². The van der Waals surface area contributed by atoms with E-state index in [-0.39, 0.29) is 5.91 Å². The van der Waals surface area contributed by atoms with Crippen molar-refractivity contribution in [3.8, 4) is 6.07 Å². The molecule has 0 radical (unpaired) electrons. The van der Waals surface area contributed by atoms with Crippen LogP contribution in [-0.2, 0) is 4.79 Å². The van der Waals surface area contributed by atoms with Crippen molar-refractivity contribution in [2.24, 2.45) is 0 Å². The molecule has 0 aliphatic heterocycles. The van der Waals surface area contributed by atoms with Gasteiger partial charge in [-0.05, 0) is 57.0 Å². The average molecular weight is 360 g/mol. The van der Waals surface area contributed by atoms with Gasteiger partial charge in [-0.2, -0.15) is 5.26 Å². The highest BCUT2D eigenvalue weighted by Crippen LogP contribution is 2.28. The predicted octanol–water partition coefficient (Wildman–Crippen LogP) is 4.65. The van der Waals surface area contributed by atoms with E-state index in [0.29, 0.717) is 21.3 Å². The molecular formula is C18H18ClN3OS. The van der Waals surface area contributed by atoms with Crippen molar-refractivity contribution in [3.63, 3.8) is 0 Å². The first kappa shape index (κ1) is 18.3. The molecule has 0 bridgehead atoms. The van der Waals surface area contributed by atoms with Crippen molar-refractivity contribution in [1.29, 1.82) is 5.26 Å². The number of hydrogen-bond acceptors (Lipinski definition) is 4. The Hall–Kier alpha value is -2.03. The minimum atomic E-state index is -0.397. The fraction of sp³-hybridized carbons (Fsp3) is 0.278. The van der Waals surface area contributed by atoms with Crippen LogP contribution in [0.1, 0.15) is 29.3 Å². The number of nitrogens with zero attached hydrogens (tertiary/aromatic N) is 2. The van der Waals surface area contributed by atoms with Crippen molar-refractivity contribution in [1.82, 2.24) is 4.98 Å². The molecule has 0 saturated carbocycles. The second-order valence-electron chi connectivity index (χ2n) is 5.59. The van der Waals surface area contributed by atoms with E-state index < -0.39 is 5.25 Å². The van der Waals surface area contributed by atoms with E-state index in [2.05, 4.69) is 16.4 Å². The van der Waals surface area contributed by atoms with E-state index in [1.54, 1.807) is 13.0 Å². The lowest BCUT2D eigenvalue weighted by molar-refractivity contribution is -0.115. The molecule has 124 valence electrons. The van der Waals surface area contributed by atoms with E-state index in [9.17, 15) is 10.1 Å². The largest absolute Gasteiger partial charge is 0.325 e. The van der Waals surface area contributed by atoms with Crippen LogP contribution >= 0.6 is 23.4 Å². The number of nitriles is 1. The lowest BCUT2D eigenvalue weighted by Crippen LogP contribution is -2.22. The van der Waals surface area contributed by atoms with Crippen LogP contribution in [0.4, 0.5) is 5.69 Å². The molecule has 2 aromatic rings. The van der Waals surface area contributed by atoms with Crippen LogP contribution < -0.4 is 5.32 Å². The molecule has 4 nitrogen and oxygen atoms in total. The maximum atomic E-state index is 12.4. The van der Waals surface area contributed by atoms with Gasteiger partial charge < -0.3 is 5.32 Å². The zero-order valence-electron chi connectivity index (χ0n) is 14.0. The number of aromatic nitrogens is 1. The molecule has 1 aromatic heterocycles. The standard InChI is InChI=1S/C18H18ClN3OS/c1-10-5-6-14(8-16(10)19)22-17(23)13(4)24-18-15(9-20)11(2)7-12(3)21-18/h5-8,13H,1-4H3,(H,22,23). The van der Waals surface area contributed by atoms with Gasteiger partial charge in [0.15, 0.2) is 0 Å². The first-order chi connectivity index (χ1) is 11.3. The molecule has 1 heterocycles. The fourth-order valence-electron chi connectivity index (χ4n) is 2.16. The van der Waals surface area contributed by atoms with Crippen LogP contribution in [0.15, 0.2) is 29.3 Å². The second-order valence-corrected chi connectivity index (χ2v) is 7.32. The molecule has 24 heavy (non-hydrogen) atoms. The van der Waals surface area contributed by atoms with Gasteiger partial charge in [0, 0.05) is 16.4 Å². The fourth-order valence-corrected chi connectivity index (χ4v) is 3.36. The number of thioether (sulfide) groups is 1. The molecule has 1 N–H and O–H groups in total. The van der Waals surface area contributed by atoms with Gasteiger partial charge in [-0.1, -0.05) is 29.4 Å². The molecule has 0 saturated heterocycles. The minimum Gasteiger partial charge on any atom is -0.325 e. The van der Waals surface area contributed by atoms with Crippen LogP contribution in [0.3, 0.4) is 0 Å². The van der Waals surface area contributed by atoms with E-state index >= 15 is 0 Å².